The number of urea groups is 1. The van der Waals surface area contributed by atoms with E-state index in [9.17, 15) is 9.90 Å². The van der Waals surface area contributed by atoms with Crippen LogP contribution in [0.2, 0.25) is 0 Å². The van der Waals surface area contributed by atoms with Gasteiger partial charge in [0.15, 0.2) is 0 Å². The van der Waals surface area contributed by atoms with Crippen molar-refractivity contribution >= 4 is 6.03 Å². The number of aliphatic hydroxyl groups excluding tert-OH is 1. The van der Waals surface area contributed by atoms with Gasteiger partial charge in [-0.3, -0.25) is 0 Å². The zero-order valence-corrected chi connectivity index (χ0v) is 13.9. The van der Waals surface area contributed by atoms with Gasteiger partial charge in [0, 0.05) is 26.2 Å². The third-order valence-corrected chi connectivity index (χ3v) is 4.33. The summed E-state index contributed by atoms with van der Waals surface area (Å²) in [5, 5.41) is 12.2. The summed E-state index contributed by atoms with van der Waals surface area (Å²) in [6.07, 6.45) is 1.98. The van der Waals surface area contributed by atoms with Crippen molar-refractivity contribution in [3.8, 4) is 0 Å². The maximum absolute atomic E-state index is 12.2. The minimum absolute atomic E-state index is 0.0296. The molecule has 122 valence electrons. The molecule has 1 aromatic rings. The smallest absolute Gasteiger partial charge is 0.317 e. The lowest BCUT2D eigenvalue weighted by Gasteiger charge is -2.31. The lowest BCUT2D eigenvalue weighted by molar-refractivity contribution is 0.129. The van der Waals surface area contributed by atoms with E-state index in [1.165, 1.54) is 5.56 Å². The summed E-state index contributed by atoms with van der Waals surface area (Å²) < 4.78 is 0. The molecule has 0 radical (unpaired) electrons. The minimum atomic E-state index is -0.0296. The van der Waals surface area contributed by atoms with Crippen LogP contribution in [-0.2, 0) is 12.0 Å². The molecule has 1 aromatic carbocycles. The number of aliphatic hydroxyl groups is 1. The van der Waals surface area contributed by atoms with Crippen molar-refractivity contribution in [2.75, 3.05) is 19.7 Å². The molecule has 0 aromatic heterocycles. The van der Waals surface area contributed by atoms with Gasteiger partial charge in [0.1, 0.15) is 0 Å². The molecule has 4 nitrogen and oxygen atoms in total. The third-order valence-electron chi connectivity index (χ3n) is 4.33. The Hall–Kier alpha value is -1.55. The zero-order valence-electron chi connectivity index (χ0n) is 13.9. The van der Waals surface area contributed by atoms with E-state index in [-0.39, 0.29) is 24.0 Å². The average molecular weight is 304 g/mol. The number of likely N-dealkylation sites (tertiary alicyclic amines) is 1. The number of hydrogen-bond donors (Lipinski definition) is 2. The normalized spacial score (nSPS) is 19.1. The van der Waals surface area contributed by atoms with Crippen molar-refractivity contribution in [3.05, 3.63) is 35.4 Å². The van der Waals surface area contributed by atoms with Crippen LogP contribution in [0.5, 0.6) is 0 Å². The first kappa shape index (κ1) is 16.8. The first-order chi connectivity index (χ1) is 10.4. The molecule has 0 aliphatic carbocycles. The average Bonchev–Trinajstić information content (AvgIpc) is 2.52. The fourth-order valence-electron chi connectivity index (χ4n) is 2.81. The summed E-state index contributed by atoms with van der Waals surface area (Å²) >= 11 is 0. The van der Waals surface area contributed by atoms with Gasteiger partial charge in [-0.1, -0.05) is 45.0 Å². The molecule has 1 aliphatic rings. The van der Waals surface area contributed by atoms with Crippen molar-refractivity contribution in [1.82, 2.24) is 10.2 Å². The fourth-order valence-corrected chi connectivity index (χ4v) is 2.81. The number of carbonyl (C=O) groups is 1. The van der Waals surface area contributed by atoms with Crippen LogP contribution in [0.3, 0.4) is 0 Å². The third kappa shape index (κ3) is 4.47. The van der Waals surface area contributed by atoms with Crippen LogP contribution in [0, 0.1) is 5.92 Å². The molecule has 1 atom stereocenters. The molecule has 1 unspecified atom stereocenters. The monoisotopic (exact) mass is 304 g/mol. The lowest BCUT2D eigenvalue weighted by atomic mass is 9.87. The van der Waals surface area contributed by atoms with Gasteiger partial charge in [0.2, 0.25) is 0 Å². The Bertz CT molecular complexity index is 491. The molecule has 0 saturated carbocycles. The van der Waals surface area contributed by atoms with Gasteiger partial charge in [-0.15, -0.1) is 0 Å². The molecule has 22 heavy (non-hydrogen) atoms. The van der Waals surface area contributed by atoms with Crippen LogP contribution in [0.15, 0.2) is 24.3 Å². The van der Waals surface area contributed by atoms with Gasteiger partial charge in [-0.05, 0) is 35.3 Å². The van der Waals surface area contributed by atoms with Crippen molar-refractivity contribution in [3.63, 3.8) is 0 Å². The first-order valence-corrected chi connectivity index (χ1v) is 8.13. The summed E-state index contributed by atoms with van der Waals surface area (Å²) in [6.45, 7) is 8.73. The number of hydrogen-bond acceptors (Lipinski definition) is 2. The van der Waals surface area contributed by atoms with Crippen molar-refractivity contribution in [2.24, 2.45) is 5.92 Å². The maximum Gasteiger partial charge on any atom is 0.317 e. The molecule has 4 heteroatoms. The predicted octanol–water partition coefficient (Wildman–Crippen LogP) is 2.90. The summed E-state index contributed by atoms with van der Waals surface area (Å²) in [6, 6.07) is 8.38. The number of benzene rings is 1. The number of nitrogens with zero attached hydrogens (tertiary/aromatic N) is 1. The zero-order chi connectivity index (χ0) is 16.2. The molecule has 1 heterocycles. The molecule has 2 amide bonds. The number of carbonyl (C=O) groups excluding carboxylic acids is 1. The Labute approximate surface area is 133 Å². The Kier molecular flexibility index (Phi) is 5.46. The molecule has 2 N–H and O–H groups in total. The van der Waals surface area contributed by atoms with E-state index >= 15 is 0 Å². The minimum Gasteiger partial charge on any atom is -0.396 e. The number of nitrogens with one attached hydrogen (secondary N) is 1. The number of amides is 2. The fraction of sp³-hybridized carbons (Fsp3) is 0.611. The SMILES string of the molecule is CC(C)(C)c1ccc(CNC(=O)N2CCCC(CO)C2)cc1. The van der Waals surface area contributed by atoms with E-state index in [4.69, 9.17) is 0 Å². The first-order valence-electron chi connectivity index (χ1n) is 8.13. The van der Waals surface area contributed by atoms with Crippen molar-refractivity contribution in [2.45, 2.75) is 45.6 Å². The summed E-state index contributed by atoms with van der Waals surface area (Å²) in [4.78, 5) is 14.0. The van der Waals surface area contributed by atoms with Crippen LogP contribution in [0.1, 0.15) is 44.7 Å². The van der Waals surface area contributed by atoms with E-state index in [1.54, 1.807) is 0 Å². The molecular weight excluding hydrogens is 276 g/mol. The van der Waals surface area contributed by atoms with E-state index in [0.717, 1.165) is 24.9 Å². The van der Waals surface area contributed by atoms with Gasteiger partial charge in [0.05, 0.1) is 0 Å². The highest BCUT2D eigenvalue weighted by Crippen LogP contribution is 2.22. The lowest BCUT2D eigenvalue weighted by Crippen LogP contribution is -2.45. The number of rotatable bonds is 3. The Morgan fingerprint density at radius 2 is 2.00 bits per heavy atom. The molecule has 0 bridgehead atoms. The van der Waals surface area contributed by atoms with Gasteiger partial charge >= 0.3 is 6.03 Å². The van der Waals surface area contributed by atoms with E-state index < -0.39 is 0 Å². The molecule has 1 aliphatic heterocycles. The van der Waals surface area contributed by atoms with Crippen LogP contribution in [-0.4, -0.2) is 35.7 Å². The maximum atomic E-state index is 12.2. The second kappa shape index (κ2) is 7.14. The van der Waals surface area contributed by atoms with Crippen molar-refractivity contribution in [1.29, 1.82) is 0 Å². The summed E-state index contributed by atoms with van der Waals surface area (Å²) in [5.74, 6) is 0.227. The van der Waals surface area contributed by atoms with Gasteiger partial charge < -0.3 is 15.3 Å². The highest BCUT2D eigenvalue weighted by molar-refractivity contribution is 5.74. The van der Waals surface area contributed by atoms with Crippen LogP contribution < -0.4 is 5.32 Å². The second-order valence-electron chi connectivity index (χ2n) is 7.24. The van der Waals surface area contributed by atoms with E-state index in [0.29, 0.717) is 13.1 Å². The van der Waals surface area contributed by atoms with Crippen LogP contribution >= 0.6 is 0 Å². The van der Waals surface area contributed by atoms with Gasteiger partial charge in [0.25, 0.3) is 0 Å². The molecular formula is C18H28N2O2. The van der Waals surface area contributed by atoms with Gasteiger partial charge in [-0.2, -0.15) is 0 Å². The van der Waals surface area contributed by atoms with Crippen LogP contribution in [0.25, 0.3) is 0 Å². The van der Waals surface area contributed by atoms with E-state index in [2.05, 4.69) is 50.4 Å². The van der Waals surface area contributed by atoms with Crippen molar-refractivity contribution < 1.29 is 9.90 Å². The summed E-state index contributed by atoms with van der Waals surface area (Å²) in [5.41, 5.74) is 2.55. The quantitative estimate of drug-likeness (QED) is 0.902. The Morgan fingerprint density at radius 3 is 2.59 bits per heavy atom. The Morgan fingerprint density at radius 1 is 1.32 bits per heavy atom. The second-order valence-corrected chi connectivity index (χ2v) is 7.24. The molecule has 0 spiro atoms. The molecule has 1 saturated heterocycles. The van der Waals surface area contributed by atoms with Crippen LogP contribution in [0.4, 0.5) is 4.79 Å². The predicted molar refractivity (Wildman–Crippen MR) is 88.8 cm³/mol. The molecule has 1 fully saturated rings. The highest BCUT2D eigenvalue weighted by atomic mass is 16.3. The standard InChI is InChI=1S/C18H28N2O2/c1-18(2,3)16-8-6-14(7-9-16)11-19-17(22)20-10-4-5-15(12-20)13-21/h6-9,15,21H,4-5,10-13H2,1-3H3,(H,19,22). The molecule has 2 rings (SSSR count). The van der Waals surface area contributed by atoms with E-state index in [1.807, 2.05) is 4.90 Å². The topological polar surface area (TPSA) is 52.6 Å². The summed E-state index contributed by atoms with van der Waals surface area (Å²) in [7, 11) is 0. The van der Waals surface area contributed by atoms with Gasteiger partial charge in [-0.25, -0.2) is 4.79 Å². The highest BCUT2D eigenvalue weighted by Gasteiger charge is 2.22. The Balaban J connectivity index is 1.86. The largest absolute Gasteiger partial charge is 0.396 e. The number of piperidine rings is 1.